The second kappa shape index (κ2) is 11.8. The van der Waals surface area contributed by atoms with Crippen molar-refractivity contribution in [2.24, 2.45) is 0 Å². The van der Waals surface area contributed by atoms with Crippen LogP contribution < -0.4 is 4.90 Å². The molecule has 54 heavy (non-hydrogen) atoms. The van der Waals surface area contributed by atoms with E-state index < -0.39 is 0 Å². The van der Waals surface area contributed by atoms with E-state index >= 15 is 0 Å². The van der Waals surface area contributed by atoms with Crippen LogP contribution in [0.5, 0.6) is 0 Å². The molecule has 2 heterocycles. The van der Waals surface area contributed by atoms with E-state index in [-0.39, 0.29) is 5.41 Å². The largest absolute Gasteiger partial charge is 0.310 e. The van der Waals surface area contributed by atoms with Gasteiger partial charge in [-0.1, -0.05) is 123 Å². The summed E-state index contributed by atoms with van der Waals surface area (Å²) in [6, 6.07) is 67.0. The van der Waals surface area contributed by atoms with Crippen molar-refractivity contribution < 1.29 is 0 Å². The molecular weight excluding hydrogens is 673 g/mol. The Morgan fingerprint density at radius 2 is 1.07 bits per heavy atom. The van der Waals surface area contributed by atoms with E-state index in [4.69, 9.17) is 0 Å². The van der Waals surface area contributed by atoms with Crippen LogP contribution in [0.2, 0.25) is 0 Å². The molecule has 2 aromatic heterocycles. The van der Waals surface area contributed by atoms with E-state index in [0.717, 1.165) is 17.1 Å². The quantitative estimate of drug-likeness (QED) is 0.173. The molecule has 0 saturated carbocycles. The molecule has 0 aliphatic heterocycles. The monoisotopic (exact) mass is 708 g/mol. The highest BCUT2D eigenvalue weighted by atomic mass is 32.1. The van der Waals surface area contributed by atoms with Crippen molar-refractivity contribution in [2.45, 2.75) is 19.3 Å². The first-order valence-electron chi connectivity index (χ1n) is 18.7. The Hall–Kier alpha value is -6.42. The van der Waals surface area contributed by atoms with E-state index in [1.54, 1.807) is 0 Å². The molecule has 0 radical (unpaired) electrons. The molecule has 0 N–H and O–H groups in total. The van der Waals surface area contributed by atoms with Gasteiger partial charge in [0.1, 0.15) is 0 Å². The van der Waals surface area contributed by atoms with Gasteiger partial charge in [-0.15, -0.1) is 11.3 Å². The molecule has 0 fully saturated rings. The first kappa shape index (κ1) is 31.1. The van der Waals surface area contributed by atoms with Crippen molar-refractivity contribution in [3.63, 3.8) is 0 Å². The van der Waals surface area contributed by atoms with Crippen molar-refractivity contribution in [1.29, 1.82) is 0 Å². The lowest BCUT2D eigenvalue weighted by molar-refractivity contribution is 0.660. The van der Waals surface area contributed by atoms with Gasteiger partial charge in [0.2, 0.25) is 0 Å². The normalized spacial score (nSPS) is 13.1. The van der Waals surface area contributed by atoms with Crippen LogP contribution in [0.3, 0.4) is 0 Å². The van der Waals surface area contributed by atoms with Crippen molar-refractivity contribution in [2.75, 3.05) is 4.90 Å². The maximum Gasteiger partial charge on any atom is 0.0548 e. The lowest BCUT2D eigenvalue weighted by Crippen LogP contribution is -2.16. The van der Waals surface area contributed by atoms with Crippen molar-refractivity contribution >= 4 is 70.4 Å². The molecule has 0 amide bonds. The third-order valence-electron chi connectivity index (χ3n) is 11.6. The fourth-order valence-corrected chi connectivity index (χ4v) is 10.1. The second-order valence-electron chi connectivity index (χ2n) is 15.0. The zero-order valence-corrected chi connectivity index (χ0v) is 30.9. The lowest BCUT2D eigenvalue weighted by Gasteiger charge is -2.28. The van der Waals surface area contributed by atoms with Gasteiger partial charge < -0.3 is 9.47 Å². The Kier molecular flexibility index (Phi) is 6.80. The highest BCUT2D eigenvalue weighted by Gasteiger charge is 2.35. The fourth-order valence-electron chi connectivity index (χ4n) is 9.02. The molecule has 256 valence electrons. The van der Waals surface area contributed by atoms with Crippen LogP contribution in [0.4, 0.5) is 17.1 Å². The van der Waals surface area contributed by atoms with Crippen molar-refractivity contribution in [3.8, 4) is 27.9 Å². The maximum absolute atomic E-state index is 2.45. The summed E-state index contributed by atoms with van der Waals surface area (Å²) in [7, 11) is 0. The summed E-state index contributed by atoms with van der Waals surface area (Å²) < 4.78 is 5.02. The van der Waals surface area contributed by atoms with Gasteiger partial charge in [-0.25, -0.2) is 0 Å². The summed E-state index contributed by atoms with van der Waals surface area (Å²) in [5, 5.41) is 5.20. The molecule has 1 aliphatic carbocycles. The highest BCUT2D eigenvalue weighted by molar-refractivity contribution is 7.26. The number of anilines is 3. The van der Waals surface area contributed by atoms with Crippen LogP contribution in [-0.4, -0.2) is 4.57 Å². The van der Waals surface area contributed by atoms with E-state index in [1.165, 1.54) is 81.0 Å². The van der Waals surface area contributed by atoms with E-state index in [2.05, 4.69) is 205 Å². The first-order chi connectivity index (χ1) is 26.5. The Morgan fingerprint density at radius 3 is 1.91 bits per heavy atom. The van der Waals surface area contributed by atoms with Gasteiger partial charge in [-0.05, 0) is 106 Å². The zero-order chi connectivity index (χ0) is 36.0. The average Bonchev–Trinajstić information content (AvgIpc) is 3.84. The number of aromatic nitrogens is 1. The number of fused-ring (bicyclic) bond motifs is 10. The topological polar surface area (TPSA) is 8.17 Å². The summed E-state index contributed by atoms with van der Waals surface area (Å²) in [6.45, 7) is 4.72. The summed E-state index contributed by atoms with van der Waals surface area (Å²) in [5.74, 6) is 0. The molecule has 10 aromatic rings. The van der Waals surface area contributed by atoms with E-state index in [1.807, 2.05) is 11.3 Å². The minimum atomic E-state index is -0.100. The molecular formula is C51H36N2S. The van der Waals surface area contributed by atoms with Gasteiger partial charge in [-0.2, -0.15) is 0 Å². The first-order valence-corrected chi connectivity index (χ1v) is 19.5. The Labute approximate surface area is 318 Å². The van der Waals surface area contributed by atoms with Crippen LogP contribution in [0.1, 0.15) is 25.0 Å². The zero-order valence-electron chi connectivity index (χ0n) is 30.1. The van der Waals surface area contributed by atoms with Crippen LogP contribution in [-0.2, 0) is 5.41 Å². The molecule has 1 aliphatic rings. The van der Waals surface area contributed by atoms with Gasteiger partial charge in [0.05, 0.1) is 11.0 Å². The Balaban J connectivity index is 1.15. The number of nitrogens with zero attached hydrogens (tertiary/aromatic N) is 2. The molecule has 3 heteroatoms. The highest BCUT2D eigenvalue weighted by Crippen LogP contribution is 2.51. The molecule has 0 spiro atoms. The van der Waals surface area contributed by atoms with Crippen LogP contribution >= 0.6 is 11.3 Å². The van der Waals surface area contributed by atoms with Crippen LogP contribution in [0.25, 0.3) is 69.9 Å². The summed E-state index contributed by atoms with van der Waals surface area (Å²) in [6.07, 6.45) is 0. The molecule has 0 bridgehead atoms. The Morgan fingerprint density at radius 1 is 0.444 bits per heavy atom. The van der Waals surface area contributed by atoms with Gasteiger partial charge >= 0.3 is 0 Å². The minimum Gasteiger partial charge on any atom is -0.310 e. The molecule has 0 saturated heterocycles. The predicted molar refractivity (Wildman–Crippen MR) is 231 cm³/mol. The summed E-state index contributed by atoms with van der Waals surface area (Å²) >= 11 is 1.88. The van der Waals surface area contributed by atoms with Crippen LogP contribution in [0, 0.1) is 0 Å². The lowest BCUT2D eigenvalue weighted by atomic mass is 9.82. The molecule has 0 unspecified atom stereocenters. The fraction of sp³-hybridized carbons (Fsp3) is 0.0588. The van der Waals surface area contributed by atoms with Gasteiger partial charge in [0, 0.05) is 59.1 Å². The smallest absolute Gasteiger partial charge is 0.0548 e. The predicted octanol–water partition coefficient (Wildman–Crippen LogP) is 14.6. The number of hydrogen-bond acceptors (Lipinski definition) is 2. The third-order valence-corrected chi connectivity index (χ3v) is 12.7. The standard InChI is InChI=1S/C51H36N2S/c1-51(2)43-19-11-9-17-39(43)40-27-25-38(32-44(40)51)52(36-23-21-34(22-24-36)33-13-5-3-6-14-33)37-26-29-47-42(31-37)50-48(54-47)30-28-46-49(50)41-18-10-12-20-45(41)53(46)35-15-7-4-8-16-35/h3-32H,1-2H3. The van der Waals surface area contributed by atoms with E-state index in [9.17, 15) is 0 Å². The number of para-hydroxylation sites is 2. The number of hydrogen-bond donors (Lipinski definition) is 0. The molecule has 8 aromatic carbocycles. The van der Waals surface area contributed by atoms with Gasteiger partial charge in [0.15, 0.2) is 0 Å². The number of thiophene rings is 1. The summed E-state index contributed by atoms with van der Waals surface area (Å²) in [5.41, 5.74) is 14.8. The average molecular weight is 709 g/mol. The third kappa shape index (κ3) is 4.58. The molecule has 2 nitrogen and oxygen atoms in total. The number of benzene rings is 8. The maximum atomic E-state index is 2.45. The van der Waals surface area contributed by atoms with Gasteiger partial charge in [0.25, 0.3) is 0 Å². The minimum absolute atomic E-state index is 0.100. The Bertz CT molecular complexity index is 3060. The van der Waals surface area contributed by atoms with Crippen molar-refractivity contribution in [3.05, 3.63) is 193 Å². The second-order valence-corrected chi connectivity index (χ2v) is 16.0. The summed E-state index contributed by atoms with van der Waals surface area (Å²) in [4.78, 5) is 2.45. The van der Waals surface area contributed by atoms with Gasteiger partial charge in [-0.3, -0.25) is 0 Å². The molecule has 11 rings (SSSR count). The number of rotatable bonds is 5. The SMILES string of the molecule is CC1(C)c2ccccc2-c2ccc(N(c3ccc(-c4ccccc4)cc3)c3ccc4sc5ccc6c(c7ccccc7n6-c6ccccc6)c5c4c3)cc21. The van der Waals surface area contributed by atoms with Crippen molar-refractivity contribution in [1.82, 2.24) is 4.57 Å². The molecule has 0 atom stereocenters. The van der Waals surface area contributed by atoms with E-state index in [0.29, 0.717) is 0 Å². The van der Waals surface area contributed by atoms with Crippen LogP contribution in [0.15, 0.2) is 182 Å².